The van der Waals surface area contributed by atoms with E-state index in [9.17, 15) is 4.79 Å². The number of ether oxygens (including phenoxy) is 1. The van der Waals surface area contributed by atoms with Crippen LogP contribution in [-0.2, 0) is 4.79 Å². The standard InChI is InChI=1S/C22H20N2O2S2/c1-3-14-27-19-11-4-16(5-12-19)6-13-21(25)24-22-23-20(15-28-22)17-7-9-18(26-2)10-8-17/h3-13,15H,1,14H2,2H3,(H,23,24,25). The van der Waals surface area contributed by atoms with E-state index in [4.69, 9.17) is 4.74 Å². The molecule has 0 saturated carbocycles. The second-order valence-corrected chi connectivity index (χ2v) is 7.71. The van der Waals surface area contributed by atoms with Gasteiger partial charge in [-0.2, -0.15) is 0 Å². The van der Waals surface area contributed by atoms with Crippen LogP contribution in [0.4, 0.5) is 5.13 Å². The number of carbonyl (C=O) groups is 1. The van der Waals surface area contributed by atoms with Crippen molar-refractivity contribution >= 4 is 40.2 Å². The predicted octanol–water partition coefficient (Wildman–Crippen LogP) is 5.75. The van der Waals surface area contributed by atoms with Crippen molar-refractivity contribution < 1.29 is 9.53 Å². The third-order valence-electron chi connectivity index (χ3n) is 3.80. The molecule has 0 atom stereocenters. The number of anilines is 1. The molecular weight excluding hydrogens is 388 g/mol. The van der Waals surface area contributed by atoms with Gasteiger partial charge in [0.25, 0.3) is 0 Å². The highest BCUT2D eigenvalue weighted by Crippen LogP contribution is 2.26. The summed E-state index contributed by atoms with van der Waals surface area (Å²) in [6.45, 7) is 3.72. The van der Waals surface area contributed by atoms with E-state index in [0.717, 1.165) is 28.3 Å². The number of nitrogens with one attached hydrogen (secondary N) is 1. The van der Waals surface area contributed by atoms with Gasteiger partial charge < -0.3 is 4.74 Å². The molecule has 0 fully saturated rings. The lowest BCUT2D eigenvalue weighted by Gasteiger charge is -2.01. The fourth-order valence-corrected chi connectivity index (χ4v) is 3.74. The number of hydrogen-bond acceptors (Lipinski definition) is 5. The molecule has 4 nitrogen and oxygen atoms in total. The fraction of sp³-hybridized carbons (Fsp3) is 0.0909. The van der Waals surface area contributed by atoms with Crippen LogP contribution in [0.1, 0.15) is 5.56 Å². The smallest absolute Gasteiger partial charge is 0.250 e. The number of methoxy groups -OCH3 is 1. The van der Waals surface area contributed by atoms with Gasteiger partial charge in [0.15, 0.2) is 5.13 Å². The van der Waals surface area contributed by atoms with Crippen molar-refractivity contribution in [3.8, 4) is 17.0 Å². The maximum Gasteiger partial charge on any atom is 0.250 e. The second kappa shape index (κ2) is 9.92. The zero-order chi connectivity index (χ0) is 19.8. The summed E-state index contributed by atoms with van der Waals surface area (Å²) in [7, 11) is 1.63. The zero-order valence-electron chi connectivity index (χ0n) is 15.4. The van der Waals surface area contributed by atoms with E-state index < -0.39 is 0 Å². The Balaban J connectivity index is 1.58. The van der Waals surface area contributed by atoms with Crippen molar-refractivity contribution in [2.45, 2.75) is 4.90 Å². The van der Waals surface area contributed by atoms with E-state index in [-0.39, 0.29) is 5.91 Å². The fourth-order valence-electron chi connectivity index (χ4n) is 2.37. The van der Waals surface area contributed by atoms with E-state index in [0.29, 0.717) is 5.13 Å². The van der Waals surface area contributed by atoms with Crippen LogP contribution in [0.15, 0.2) is 77.5 Å². The maximum atomic E-state index is 12.2. The number of hydrogen-bond donors (Lipinski definition) is 1. The summed E-state index contributed by atoms with van der Waals surface area (Å²) in [4.78, 5) is 17.8. The Bertz CT molecular complexity index is 961. The summed E-state index contributed by atoms with van der Waals surface area (Å²) in [5.74, 6) is 1.47. The molecule has 0 bridgehead atoms. The first-order valence-corrected chi connectivity index (χ1v) is 10.5. The Morgan fingerprint density at radius 2 is 1.96 bits per heavy atom. The molecule has 3 aromatic rings. The van der Waals surface area contributed by atoms with Gasteiger partial charge in [0.2, 0.25) is 5.91 Å². The minimum absolute atomic E-state index is 0.208. The van der Waals surface area contributed by atoms with E-state index in [1.54, 1.807) is 24.9 Å². The molecule has 142 valence electrons. The topological polar surface area (TPSA) is 51.2 Å². The molecule has 1 N–H and O–H groups in total. The third-order valence-corrected chi connectivity index (χ3v) is 5.56. The van der Waals surface area contributed by atoms with Gasteiger partial charge in [-0.1, -0.05) is 18.2 Å². The first-order chi connectivity index (χ1) is 13.7. The van der Waals surface area contributed by atoms with Crippen molar-refractivity contribution in [1.82, 2.24) is 4.98 Å². The van der Waals surface area contributed by atoms with Gasteiger partial charge >= 0.3 is 0 Å². The lowest BCUT2D eigenvalue weighted by atomic mass is 10.2. The number of rotatable bonds is 8. The van der Waals surface area contributed by atoms with E-state index in [1.807, 2.05) is 60.0 Å². The van der Waals surface area contributed by atoms with Gasteiger partial charge in [0, 0.05) is 27.7 Å². The molecular formula is C22H20N2O2S2. The number of amides is 1. The Hall–Kier alpha value is -2.83. The van der Waals surface area contributed by atoms with Crippen LogP contribution in [0.25, 0.3) is 17.3 Å². The highest BCUT2D eigenvalue weighted by molar-refractivity contribution is 7.99. The maximum absolute atomic E-state index is 12.2. The van der Waals surface area contributed by atoms with Crippen molar-refractivity contribution in [1.29, 1.82) is 0 Å². The first kappa shape index (κ1) is 19.9. The Morgan fingerprint density at radius 1 is 1.21 bits per heavy atom. The molecule has 0 radical (unpaired) electrons. The first-order valence-electron chi connectivity index (χ1n) is 8.60. The average Bonchev–Trinajstić information content (AvgIpc) is 3.20. The van der Waals surface area contributed by atoms with Crippen LogP contribution < -0.4 is 10.1 Å². The van der Waals surface area contributed by atoms with Gasteiger partial charge in [-0.05, 0) is 48.0 Å². The summed E-state index contributed by atoms with van der Waals surface area (Å²) >= 11 is 3.12. The molecule has 3 rings (SSSR count). The van der Waals surface area contributed by atoms with Crippen molar-refractivity contribution in [3.63, 3.8) is 0 Å². The van der Waals surface area contributed by atoms with E-state index >= 15 is 0 Å². The number of thiazole rings is 1. The molecule has 0 aliphatic heterocycles. The van der Waals surface area contributed by atoms with Gasteiger partial charge in [-0.25, -0.2) is 4.98 Å². The van der Waals surface area contributed by atoms with Gasteiger partial charge in [-0.3, -0.25) is 10.1 Å². The van der Waals surface area contributed by atoms with Crippen LogP contribution in [0, 0.1) is 0 Å². The molecule has 6 heteroatoms. The van der Waals surface area contributed by atoms with Crippen molar-refractivity contribution in [2.24, 2.45) is 0 Å². The number of benzene rings is 2. The molecule has 2 aromatic carbocycles. The van der Waals surface area contributed by atoms with Crippen LogP contribution in [0.5, 0.6) is 5.75 Å². The SMILES string of the molecule is C=CCSc1ccc(C=CC(=O)Nc2nc(-c3ccc(OC)cc3)cs2)cc1. The van der Waals surface area contributed by atoms with Crippen LogP contribution in [0.3, 0.4) is 0 Å². The van der Waals surface area contributed by atoms with Crippen molar-refractivity contribution in [2.75, 3.05) is 18.2 Å². The van der Waals surface area contributed by atoms with E-state index in [1.165, 1.54) is 22.3 Å². The molecule has 0 saturated heterocycles. The summed E-state index contributed by atoms with van der Waals surface area (Å²) in [5.41, 5.74) is 2.76. The Labute approximate surface area is 173 Å². The molecule has 1 amide bonds. The second-order valence-electron chi connectivity index (χ2n) is 5.76. The number of nitrogens with zero attached hydrogens (tertiary/aromatic N) is 1. The highest BCUT2D eigenvalue weighted by Gasteiger charge is 2.06. The predicted molar refractivity (Wildman–Crippen MR) is 119 cm³/mol. The van der Waals surface area contributed by atoms with Crippen LogP contribution in [0.2, 0.25) is 0 Å². The Morgan fingerprint density at radius 3 is 2.64 bits per heavy atom. The van der Waals surface area contributed by atoms with Gasteiger partial charge in [-0.15, -0.1) is 29.7 Å². The third kappa shape index (κ3) is 5.58. The number of thioether (sulfide) groups is 1. The molecule has 1 aromatic heterocycles. The quantitative estimate of drug-likeness (QED) is 0.293. The monoisotopic (exact) mass is 408 g/mol. The van der Waals surface area contributed by atoms with Gasteiger partial charge in [0.05, 0.1) is 12.8 Å². The van der Waals surface area contributed by atoms with Gasteiger partial charge in [0.1, 0.15) is 5.75 Å². The summed E-state index contributed by atoms with van der Waals surface area (Å²) in [6, 6.07) is 15.7. The lowest BCUT2D eigenvalue weighted by Crippen LogP contribution is -2.07. The van der Waals surface area contributed by atoms with E-state index in [2.05, 4.69) is 16.9 Å². The highest BCUT2D eigenvalue weighted by atomic mass is 32.2. The zero-order valence-corrected chi connectivity index (χ0v) is 17.1. The minimum Gasteiger partial charge on any atom is -0.497 e. The largest absolute Gasteiger partial charge is 0.497 e. The minimum atomic E-state index is -0.208. The van der Waals surface area contributed by atoms with Crippen LogP contribution >= 0.6 is 23.1 Å². The summed E-state index contributed by atoms with van der Waals surface area (Å²) in [5, 5.41) is 5.29. The lowest BCUT2D eigenvalue weighted by molar-refractivity contribution is -0.111. The molecule has 0 unspecified atom stereocenters. The summed E-state index contributed by atoms with van der Waals surface area (Å²) in [6.07, 6.45) is 5.18. The Kier molecular flexibility index (Phi) is 7.06. The molecule has 0 aliphatic carbocycles. The summed E-state index contributed by atoms with van der Waals surface area (Å²) < 4.78 is 5.16. The number of carbonyl (C=O) groups excluding carboxylic acids is 1. The normalized spacial score (nSPS) is 10.8. The number of aromatic nitrogens is 1. The molecule has 1 heterocycles. The molecule has 0 spiro atoms. The molecule has 0 aliphatic rings. The average molecular weight is 409 g/mol. The van der Waals surface area contributed by atoms with Crippen molar-refractivity contribution in [3.05, 3.63) is 78.2 Å². The van der Waals surface area contributed by atoms with Crippen LogP contribution in [-0.4, -0.2) is 23.8 Å². The molecule has 28 heavy (non-hydrogen) atoms.